The molecule has 0 unspecified atom stereocenters. The first kappa shape index (κ1) is 17.8. The van der Waals surface area contributed by atoms with Crippen molar-refractivity contribution >= 4 is 5.91 Å². The molecule has 1 saturated heterocycles. The zero-order chi connectivity index (χ0) is 18.9. The summed E-state index contributed by atoms with van der Waals surface area (Å²) >= 11 is 0. The molecule has 2 atom stereocenters. The first-order valence-electron chi connectivity index (χ1n) is 10.4. The van der Waals surface area contributed by atoms with Crippen molar-refractivity contribution in [1.82, 2.24) is 20.2 Å². The predicted molar refractivity (Wildman–Crippen MR) is 105 cm³/mol. The Morgan fingerprint density at radius 3 is 3.00 bits per heavy atom. The molecule has 3 aliphatic rings. The lowest BCUT2D eigenvalue weighted by atomic mass is 9.96. The Hall–Kier alpha value is -2.31. The summed E-state index contributed by atoms with van der Waals surface area (Å²) in [5.41, 5.74) is 4.38. The van der Waals surface area contributed by atoms with Gasteiger partial charge in [0.15, 0.2) is 6.10 Å². The average molecular weight is 378 g/mol. The summed E-state index contributed by atoms with van der Waals surface area (Å²) in [5, 5.41) is 3.52. The molecule has 0 aliphatic carbocycles. The van der Waals surface area contributed by atoms with Gasteiger partial charge in [0.2, 0.25) is 0 Å². The molecule has 0 bridgehead atoms. The Morgan fingerprint density at radius 2 is 2.11 bits per heavy atom. The molecule has 1 aromatic carbocycles. The predicted octanol–water partition coefficient (Wildman–Crippen LogP) is 2.49. The van der Waals surface area contributed by atoms with Crippen LogP contribution in [0.5, 0.6) is 0 Å². The van der Waals surface area contributed by atoms with Crippen LogP contribution in [0.1, 0.15) is 59.6 Å². The number of hydrogen-bond acceptors (Lipinski definition) is 5. The average Bonchev–Trinajstić information content (AvgIpc) is 2.78. The van der Waals surface area contributed by atoms with E-state index in [1.807, 2.05) is 29.3 Å². The number of amides is 1. The van der Waals surface area contributed by atoms with E-state index in [9.17, 15) is 4.79 Å². The molecule has 28 heavy (non-hydrogen) atoms. The van der Waals surface area contributed by atoms with Gasteiger partial charge in [0.25, 0.3) is 5.91 Å². The van der Waals surface area contributed by atoms with E-state index in [4.69, 9.17) is 9.72 Å². The van der Waals surface area contributed by atoms with Crippen molar-refractivity contribution in [2.24, 2.45) is 0 Å². The van der Waals surface area contributed by atoms with Gasteiger partial charge in [-0.25, -0.2) is 9.97 Å². The van der Waals surface area contributed by atoms with Crippen molar-refractivity contribution in [1.29, 1.82) is 0 Å². The van der Waals surface area contributed by atoms with Crippen LogP contribution in [0.4, 0.5) is 0 Å². The fourth-order valence-electron chi connectivity index (χ4n) is 4.52. The molecular weight excluding hydrogens is 352 g/mol. The van der Waals surface area contributed by atoms with Crippen molar-refractivity contribution < 1.29 is 9.53 Å². The maximum absolute atomic E-state index is 13.2. The lowest BCUT2D eigenvalue weighted by Crippen LogP contribution is -2.41. The van der Waals surface area contributed by atoms with Gasteiger partial charge in [-0.15, -0.1) is 0 Å². The van der Waals surface area contributed by atoms with E-state index in [0.29, 0.717) is 19.7 Å². The first-order chi connectivity index (χ1) is 13.8. The number of carbonyl (C=O) groups excluding carboxylic acids is 1. The molecule has 146 valence electrons. The van der Waals surface area contributed by atoms with Gasteiger partial charge in [-0.05, 0) is 36.9 Å². The van der Waals surface area contributed by atoms with Crippen LogP contribution in [0, 0.1) is 0 Å². The van der Waals surface area contributed by atoms with Crippen molar-refractivity contribution in [3.8, 4) is 0 Å². The standard InChI is InChI=1S/C22H26N4O2/c27-22(20-17-6-2-1-5-15(17)9-12-28-20)26-11-8-18-16(14-26)13-24-21(25-18)19-7-3-4-10-23-19/h1-2,5-6,13,19-20,23H,3-4,7-12,14H2/t19-,20+/m1/s1. The zero-order valence-corrected chi connectivity index (χ0v) is 16.1. The van der Waals surface area contributed by atoms with Gasteiger partial charge in [-0.1, -0.05) is 30.7 Å². The Bertz CT molecular complexity index is 879. The third-order valence-electron chi connectivity index (χ3n) is 6.10. The van der Waals surface area contributed by atoms with Gasteiger partial charge in [0, 0.05) is 31.3 Å². The summed E-state index contributed by atoms with van der Waals surface area (Å²) in [7, 11) is 0. The van der Waals surface area contributed by atoms with Crippen LogP contribution in [-0.2, 0) is 28.9 Å². The van der Waals surface area contributed by atoms with E-state index >= 15 is 0 Å². The second-order valence-corrected chi connectivity index (χ2v) is 7.91. The molecule has 1 N–H and O–H groups in total. The molecule has 0 saturated carbocycles. The topological polar surface area (TPSA) is 67.3 Å². The summed E-state index contributed by atoms with van der Waals surface area (Å²) in [6.07, 6.45) is 6.63. The number of carbonyl (C=O) groups is 1. The van der Waals surface area contributed by atoms with Crippen molar-refractivity contribution in [3.05, 3.63) is 58.7 Å². The number of fused-ring (bicyclic) bond motifs is 2. The van der Waals surface area contributed by atoms with Crippen LogP contribution >= 0.6 is 0 Å². The van der Waals surface area contributed by atoms with Crippen LogP contribution < -0.4 is 5.32 Å². The van der Waals surface area contributed by atoms with Crippen molar-refractivity contribution in [3.63, 3.8) is 0 Å². The molecule has 4 heterocycles. The number of benzene rings is 1. The smallest absolute Gasteiger partial charge is 0.256 e. The second kappa shape index (κ2) is 7.60. The number of nitrogens with one attached hydrogen (secondary N) is 1. The molecule has 5 rings (SSSR count). The summed E-state index contributed by atoms with van der Waals surface area (Å²) in [6, 6.07) is 8.39. The van der Waals surface area contributed by atoms with E-state index in [2.05, 4.69) is 16.4 Å². The summed E-state index contributed by atoms with van der Waals surface area (Å²) in [4.78, 5) is 24.5. The summed E-state index contributed by atoms with van der Waals surface area (Å²) in [5.74, 6) is 0.957. The van der Waals surface area contributed by atoms with Gasteiger partial charge in [0.05, 0.1) is 18.3 Å². The molecule has 1 fully saturated rings. The number of nitrogens with zero attached hydrogens (tertiary/aromatic N) is 3. The van der Waals surface area contributed by atoms with Crippen molar-refractivity contribution in [2.75, 3.05) is 19.7 Å². The monoisotopic (exact) mass is 378 g/mol. The SMILES string of the molecule is O=C([C@H]1OCCc2ccccc21)N1CCc2nc([C@H]3CCCCN3)ncc2C1. The molecule has 2 aromatic rings. The minimum absolute atomic E-state index is 0.0517. The molecule has 6 nitrogen and oxygen atoms in total. The van der Waals surface area contributed by atoms with E-state index in [-0.39, 0.29) is 11.9 Å². The lowest BCUT2D eigenvalue weighted by molar-refractivity contribution is -0.146. The Balaban J connectivity index is 1.33. The van der Waals surface area contributed by atoms with Gasteiger partial charge >= 0.3 is 0 Å². The van der Waals surface area contributed by atoms with Gasteiger partial charge < -0.3 is 15.0 Å². The molecule has 0 spiro atoms. The van der Waals surface area contributed by atoms with Crippen LogP contribution in [0.15, 0.2) is 30.5 Å². The number of aromatic nitrogens is 2. The maximum atomic E-state index is 13.2. The third kappa shape index (κ3) is 3.31. The third-order valence-corrected chi connectivity index (χ3v) is 6.10. The molecule has 0 radical (unpaired) electrons. The number of piperidine rings is 1. The highest BCUT2D eigenvalue weighted by atomic mass is 16.5. The number of rotatable bonds is 2. The fraction of sp³-hybridized carbons (Fsp3) is 0.500. The minimum Gasteiger partial charge on any atom is -0.363 e. The molecule has 3 aliphatic heterocycles. The Labute approximate surface area is 165 Å². The molecule has 6 heteroatoms. The van der Waals surface area contributed by atoms with Crippen LogP contribution in [-0.4, -0.2) is 40.5 Å². The van der Waals surface area contributed by atoms with E-state index in [1.54, 1.807) is 0 Å². The van der Waals surface area contributed by atoms with Crippen LogP contribution in [0.25, 0.3) is 0 Å². The van der Waals surface area contributed by atoms with Crippen molar-refractivity contribution in [2.45, 2.75) is 50.8 Å². The number of ether oxygens (including phenoxy) is 1. The fourth-order valence-corrected chi connectivity index (χ4v) is 4.52. The van der Waals surface area contributed by atoms with Gasteiger partial charge in [-0.3, -0.25) is 4.79 Å². The van der Waals surface area contributed by atoms with E-state index in [1.165, 1.54) is 18.4 Å². The van der Waals surface area contributed by atoms with Crippen LogP contribution in [0.3, 0.4) is 0 Å². The lowest BCUT2D eigenvalue weighted by Gasteiger charge is -2.33. The molecule has 1 aromatic heterocycles. The largest absolute Gasteiger partial charge is 0.363 e. The second-order valence-electron chi connectivity index (χ2n) is 7.91. The highest BCUT2D eigenvalue weighted by Crippen LogP contribution is 2.30. The van der Waals surface area contributed by atoms with Crippen LogP contribution in [0.2, 0.25) is 0 Å². The quantitative estimate of drug-likeness (QED) is 0.870. The normalized spacial score (nSPS) is 24.4. The van der Waals surface area contributed by atoms with E-state index < -0.39 is 6.10 Å². The minimum atomic E-state index is -0.488. The Kier molecular flexibility index (Phi) is 4.82. The van der Waals surface area contributed by atoms with E-state index in [0.717, 1.165) is 48.5 Å². The summed E-state index contributed by atoms with van der Waals surface area (Å²) in [6.45, 7) is 2.88. The highest BCUT2D eigenvalue weighted by Gasteiger charge is 2.33. The van der Waals surface area contributed by atoms with Gasteiger partial charge in [0.1, 0.15) is 5.82 Å². The first-order valence-corrected chi connectivity index (χ1v) is 10.4. The van der Waals surface area contributed by atoms with Gasteiger partial charge in [-0.2, -0.15) is 0 Å². The Morgan fingerprint density at radius 1 is 1.18 bits per heavy atom. The zero-order valence-electron chi connectivity index (χ0n) is 16.1. The highest BCUT2D eigenvalue weighted by molar-refractivity contribution is 5.83. The summed E-state index contributed by atoms with van der Waals surface area (Å²) < 4.78 is 5.88. The maximum Gasteiger partial charge on any atom is 0.256 e. The molecule has 1 amide bonds. The molecular formula is C22H26N4O2. The number of hydrogen-bond donors (Lipinski definition) is 1.